The van der Waals surface area contributed by atoms with Crippen molar-refractivity contribution in [2.45, 2.75) is 6.10 Å². The molecule has 0 saturated carbocycles. The molecular formula is C9H4Cl2F5O4P. The molecule has 0 saturated heterocycles. The molecule has 0 fully saturated rings. The third kappa shape index (κ3) is 3.56. The van der Waals surface area contributed by atoms with E-state index in [0.717, 1.165) is 0 Å². The van der Waals surface area contributed by atoms with Crippen LogP contribution in [0.25, 0.3) is 0 Å². The lowest BCUT2D eigenvalue weighted by Gasteiger charge is -2.18. The minimum absolute atomic E-state index is 0.566. The Hall–Kier alpha value is -0.700. The molecule has 1 atom stereocenters. The van der Waals surface area contributed by atoms with Gasteiger partial charge >= 0.3 is 7.82 Å². The van der Waals surface area contributed by atoms with Crippen molar-refractivity contribution in [1.29, 1.82) is 0 Å². The zero-order chi connectivity index (χ0) is 16.4. The van der Waals surface area contributed by atoms with Gasteiger partial charge in [0.25, 0.3) is 0 Å². The fourth-order valence-corrected chi connectivity index (χ4v) is 2.27. The van der Waals surface area contributed by atoms with Crippen LogP contribution in [0.15, 0.2) is 12.7 Å². The van der Waals surface area contributed by atoms with Crippen LogP contribution >= 0.6 is 31.6 Å². The van der Waals surface area contributed by atoms with Crippen LogP contribution in [0, 0.1) is 29.1 Å². The van der Waals surface area contributed by atoms with Gasteiger partial charge in [0, 0.05) is 0 Å². The quantitative estimate of drug-likeness (QED) is 0.230. The predicted octanol–water partition coefficient (Wildman–Crippen LogP) is 5.07. The van der Waals surface area contributed by atoms with Gasteiger partial charge in [-0.05, 0) is 0 Å². The second-order valence-electron chi connectivity index (χ2n) is 3.33. The Labute approximate surface area is 125 Å². The molecule has 0 radical (unpaired) electrons. The first-order valence-corrected chi connectivity index (χ1v) is 6.83. The maximum absolute atomic E-state index is 13.5. The summed E-state index contributed by atoms with van der Waals surface area (Å²) in [5.41, 5.74) is -1.47. The van der Waals surface area contributed by atoms with Gasteiger partial charge in [-0.3, -0.25) is 4.52 Å². The first-order chi connectivity index (χ1) is 9.72. The van der Waals surface area contributed by atoms with Crippen molar-refractivity contribution in [2.24, 2.45) is 0 Å². The molecule has 21 heavy (non-hydrogen) atoms. The van der Waals surface area contributed by atoms with Gasteiger partial charge in [-0.2, -0.15) is 8.15 Å². The molecule has 0 amide bonds. The zero-order valence-corrected chi connectivity index (χ0v) is 12.0. The van der Waals surface area contributed by atoms with E-state index in [2.05, 4.69) is 19.3 Å². The molecule has 0 spiro atoms. The molecule has 118 valence electrons. The maximum Gasteiger partial charge on any atom is 0.508 e. The largest absolute Gasteiger partial charge is 0.508 e. The van der Waals surface area contributed by atoms with E-state index in [4.69, 9.17) is 23.7 Å². The van der Waals surface area contributed by atoms with Gasteiger partial charge in [0.15, 0.2) is 23.3 Å². The van der Waals surface area contributed by atoms with Crippen molar-refractivity contribution in [1.82, 2.24) is 0 Å². The monoisotopic (exact) mass is 372 g/mol. The second kappa shape index (κ2) is 7.04. The Kier molecular flexibility index (Phi) is 6.15. The first-order valence-electron chi connectivity index (χ1n) is 4.75. The molecule has 12 heteroatoms. The summed E-state index contributed by atoms with van der Waals surface area (Å²) in [7, 11) is -4.71. The topological polar surface area (TPSA) is 44.8 Å². The molecule has 0 aliphatic rings. The molecular weight excluding hydrogens is 369 g/mol. The van der Waals surface area contributed by atoms with Crippen LogP contribution < -0.4 is 0 Å². The molecule has 0 aliphatic carbocycles. The molecule has 0 N–H and O–H groups in total. The lowest BCUT2D eigenvalue weighted by atomic mass is 10.1. The number of rotatable bonds is 6. The van der Waals surface area contributed by atoms with Crippen molar-refractivity contribution >= 4 is 31.6 Å². The minimum atomic E-state index is -4.71. The van der Waals surface area contributed by atoms with Gasteiger partial charge in [-0.1, -0.05) is 6.08 Å². The van der Waals surface area contributed by atoms with E-state index in [1.165, 1.54) is 0 Å². The van der Waals surface area contributed by atoms with E-state index < -0.39 is 48.6 Å². The van der Waals surface area contributed by atoms with Gasteiger partial charge in [0.05, 0.1) is 29.3 Å². The van der Waals surface area contributed by atoms with Gasteiger partial charge in [0.2, 0.25) is 5.82 Å². The number of benzene rings is 1. The van der Waals surface area contributed by atoms with Gasteiger partial charge < -0.3 is 0 Å². The summed E-state index contributed by atoms with van der Waals surface area (Å²) in [6.45, 7) is 3.04. The molecule has 1 aromatic rings. The highest BCUT2D eigenvalue weighted by atomic mass is 35.5. The molecule has 0 aromatic heterocycles. The summed E-state index contributed by atoms with van der Waals surface area (Å²) in [6.07, 6.45) is -1.55. The van der Waals surface area contributed by atoms with Crippen LogP contribution in [0.4, 0.5) is 22.0 Å². The molecule has 4 nitrogen and oxygen atoms in total. The number of hydrogen-bond acceptors (Lipinski definition) is 4. The highest BCUT2D eigenvalue weighted by molar-refractivity contribution is 7.50. The second-order valence-corrected chi connectivity index (χ2v) is 5.54. The Morgan fingerprint density at radius 2 is 1.33 bits per heavy atom. The Morgan fingerprint density at radius 3 is 1.67 bits per heavy atom. The van der Waals surface area contributed by atoms with Crippen LogP contribution in [0.1, 0.15) is 11.7 Å². The third-order valence-electron chi connectivity index (χ3n) is 2.15. The van der Waals surface area contributed by atoms with Crippen LogP contribution in [0.5, 0.6) is 0 Å². The van der Waals surface area contributed by atoms with Crippen molar-refractivity contribution in [3.05, 3.63) is 47.3 Å². The predicted molar refractivity (Wildman–Crippen MR) is 61.7 cm³/mol. The number of halogens is 7. The summed E-state index contributed by atoms with van der Waals surface area (Å²) in [5, 5.41) is 0. The van der Waals surface area contributed by atoms with Crippen LogP contribution in [-0.2, 0) is 17.2 Å². The van der Waals surface area contributed by atoms with E-state index in [1.807, 2.05) is 0 Å². The van der Waals surface area contributed by atoms with Crippen molar-refractivity contribution in [2.75, 3.05) is 0 Å². The number of hydrogen-bond donors (Lipinski definition) is 0. The fraction of sp³-hybridized carbons (Fsp3) is 0.111. The molecule has 0 bridgehead atoms. The average molecular weight is 373 g/mol. The third-order valence-corrected chi connectivity index (χ3v) is 3.99. The van der Waals surface area contributed by atoms with Gasteiger partial charge in [0.1, 0.15) is 6.10 Å². The van der Waals surface area contributed by atoms with Crippen LogP contribution in [-0.4, -0.2) is 0 Å². The fourth-order valence-electron chi connectivity index (χ4n) is 1.27. The molecule has 1 unspecified atom stereocenters. The smallest absolute Gasteiger partial charge is 0.272 e. The standard InChI is InChI=1S/C9H4Cl2F5O4P/c1-2-3(18-21(17,19-10)20-11)4-5(12)7(14)9(16)8(15)6(4)13/h2-3H,1H2. The molecule has 1 rings (SSSR count). The Morgan fingerprint density at radius 1 is 0.952 bits per heavy atom. The van der Waals surface area contributed by atoms with Gasteiger partial charge in [-0.15, -0.1) is 6.58 Å². The number of phosphoric acid groups is 1. The van der Waals surface area contributed by atoms with Crippen LogP contribution in [0.2, 0.25) is 0 Å². The zero-order valence-electron chi connectivity index (χ0n) is 9.59. The Bertz CT molecular complexity index is 577. The Balaban J connectivity index is 3.43. The van der Waals surface area contributed by atoms with E-state index in [1.54, 1.807) is 0 Å². The van der Waals surface area contributed by atoms with Crippen molar-refractivity contribution in [3.8, 4) is 0 Å². The van der Waals surface area contributed by atoms with Gasteiger partial charge in [-0.25, -0.2) is 26.5 Å². The summed E-state index contributed by atoms with van der Waals surface area (Å²) >= 11 is 9.47. The summed E-state index contributed by atoms with van der Waals surface area (Å²) in [5.74, 6) is -11.3. The lowest BCUT2D eigenvalue weighted by Crippen LogP contribution is -2.12. The van der Waals surface area contributed by atoms with Crippen LogP contribution in [0.3, 0.4) is 0 Å². The molecule has 1 aromatic carbocycles. The van der Waals surface area contributed by atoms with E-state index in [0.29, 0.717) is 6.08 Å². The van der Waals surface area contributed by atoms with E-state index in [9.17, 15) is 26.5 Å². The summed E-state index contributed by atoms with van der Waals surface area (Å²) in [4.78, 5) is 0. The van der Waals surface area contributed by atoms with E-state index >= 15 is 0 Å². The normalized spacial score (nSPS) is 13.3. The first kappa shape index (κ1) is 18.3. The average Bonchev–Trinajstić information content (AvgIpc) is 2.49. The minimum Gasteiger partial charge on any atom is -0.272 e. The SMILES string of the molecule is C=CC(OP(=O)(OCl)OCl)c1c(F)c(F)c(F)c(F)c1F. The van der Waals surface area contributed by atoms with Crippen molar-refractivity contribution in [3.63, 3.8) is 0 Å². The molecule has 0 aliphatic heterocycles. The summed E-state index contributed by atoms with van der Waals surface area (Å²) in [6, 6.07) is 0. The molecule has 0 heterocycles. The van der Waals surface area contributed by atoms with E-state index in [-0.39, 0.29) is 0 Å². The summed E-state index contributed by atoms with van der Waals surface area (Å²) < 4.78 is 89.3. The van der Waals surface area contributed by atoms with Crippen molar-refractivity contribution < 1.29 is 39.2 Å². The maximum atomic E-state index is 13.5. The highest BCUT2D eigenvalue weighted by Crippen LogP contribution is 2.55. The lowest BCUT2D eigenvalue weighted by molar-refractivity contribution is 0.172. The highest BCUT2D eigenvalue weighted by Gasteiger charge is 2.36.